The number of benzene rings is 3. The zero-order chi connectivity index (χ0) is 20.8. The van der Waals surface area contributed by atoms with E-state index in [-0.39, 0.29) is 0 Å². The molecular weight excluding hydrogens is 380 g/mol. The predicted octanol–water partition coefficient (Wildman–Crippen LogP) is 8.50. The molecule has 0 saturated carbocycles. The first-order valence-corrected chi connectivity index (χ1v) is 11.9. The van der Waals surface area contributed by atoms with Gasteiger partial charge in [0, 0.05) is 11.3 Å². The smallest absolute Gasteiger partial charge is 0.00954 e. The average Bonchev–Trinajstić information content (AvgIpc) is 3.26. The van der Waals surface area contributed by atoms with E-state index in [0.29, 0.717) is 5.92 Å². The van der Waals surface area contributed by atoms with Crippen molar-refractivity contribution in [3.63, 3.8) is 0 Å². The van der Waals surface area contributed by atoms with Gasteiger partial charge < -0.3 is 0 Å². The average molecular weight is 411 g/mol. The van der Waals surface area contributed by atoms with E-state index in [1.807, 2.05) is 11.3 Å². The second-order valence-corrected chi connectivity index (χ2v) is 9.09. The molecule has 0 N–H and O–H groups in total. The van der Waals surface area contributed by atoms with E-state index in [0.717, 1.165) is 12.8 Å². The summed E-state index contributed by atoms with van der Waals surface area (Å²) in [7, 11) is 0. The molecule has 4 rings (SSSR count). The monoisotopic (exact) mass is 410 g/mol. The molecule has 0 amide bonds. The van der Waals surface area contributed by atoms with E-state index in [1.54, 1.807) is 0 Å². The lowest BCUT2D eigenvalue weighted by Gasteiger charge is -2.12. The van der Waals surface area contributed by atoms with Crippen LogP contribution < -0.4 is 0 Å². The van der Waals surface area contributed by atoms with Crippen molar-refractivity contribution in [2.24, 2.45) is 0 Å². The van der Waals surface area contributed by atoms with Gasteiger partial charge in [-0.05, 0) is 70.0 Å². The number of hydrogen-bond acceptors (Lipinski definition) is 1. The zero-order valence-electron chi connectivity index (χ0n) is 18.0. The summed E-state index contributed by atoms with van der Waals surface area (Å²) in [5.41, 5.74) is 8.24. The SMILES string of the molecule is CCC(CC)c1ccc(-c2csc(Cc3ccc(Cc4ccccc4)cc3)c2)cc1. The molecule has 0 spiro atoms. The number of hydrogen-bond donors (Lipinski definition) is 0. The van der Waals surface area contributed by atoms with E-state index in [9.17, 15) is 0 Å². The van der Waals surface area contributed by atoms with E-state index < -0.39 is 0 Å². The summed E-state index contributed by atoms with van der Waals surface area (Å²) in [5.74, 6) is 0.682. The quantitative estimate of drug-likeness (QED) is 0.273. The summed E-state index contributed by atoms with van der Waals surface area (Å²) in [6, 6.07) is 31.3. The minimum atomic E-state index is 0.682. The van der Waals surface area contributed by atoms with Crippen molar-refractivity contribution in [3.05, 3.63) is 117 Å². The first-order valence-electron chi connectivity index (χ1n) is 11.0. The second kappa shape index (κ2) is 9.91. The van der Waals surface area contributed by atoms with Crippen LogP contribution in [0.1, 0.15) is 59.7 Å². The van der Waals surface area contributed by atoms with Gasteiger partial charge in [0.05, 0.1) is 0 Å². The van der Waals surface area contributed by atoms with Crippen molar-refractivity contribution in [3.8, 4) is 11.1 Å². The van der Waals surface area contributed by atoms with Gasteiger partial charge in [-0.25, -0.2) is 0 Å². The van der Waals surface area contributed by atoms with Crippen LogP contribution in [0.25, 0.3) is 11.1 Å². The maximum absolute atomic E-state index is 2.36. The number of thiophene rings is 1. The van der Waals surface area contributed by atoms with E-state index in [4.69, 9.17) is 0 Å². The Morgan fingerprint density at radius 3 is 1.87 bits per heavy atom. The third-order valence-electron chi connectivity index (χ3n) is 6.01. The Morgan fingerprint density at radius 1 is 0.633 bits per heavy atom. The topological polar surface area (TPSA) is 0 Å². The molecule has 1 heterocycles. The van der Waals surface area contributed by atoms with E-state index in [1.165, 1.54) is 51.1 Å². The van der Waals surface area contributed by atoms with Gasteiger partial charge in [-0.2, -0.15) is 0 Å². The van der Waals surface area contributed by atoms with Gasteiger partial charge in [0.2, 0.25) is 0 Å². The van der Waals surface area contributed by atoms with Crippen LogP contribution in [0, 0.1) is 0 Å². The Kier molecular flexibility index (Phi) is 6.81. The van der Waals surface area contributed by atoms with Crippen molar-refractivity contribution >= 4 is 11.3 Å². The highest BCUT2D eigenvalue weighted by Gasteiger charge is 2.08. The molecule has 4 aromatic rings. The molecule has 1 heteroatoms. The van der Waals surface area contributed by atoms with Gasteiger partial charge in [0.15, 0.2) is 0 Å². The Labute approximate surface area is 185 Å². The lowest BCUT2D eigenvalue weighted by molar-refractivity contribution is 0.642. The maximum Gasteiger partial charge on any atom is 0.00954 e. The molecule has 152 valence electrons. The van der Waals surface area contributed by atoms with Crippen LogP contribution in [0.2, 0.25) is 0 Å². The van der Waals surface area contributed by atoms with Gasteiger partial charge in [0.25, 0.3) is 0 Å². The Hall–Kier alpha value is -2.64. The zero-order valence-corrected chi connectivity index (χ0v) is 18.8. The van der Waals surface area contributed by atoms with Gasteiger partial charge in [-0.1, -0.05) is 92.7 Å². The minimum absolute atomic E-state index is 0.682. The molecule has 1 aromatic heterocycles. The number of rotatable bonds is 8. The lowest BCUT2D eigenvalue weighted by Crippen LogP contribution is -1.94. The second-order valence-electron chi connectivity index (χ2n) is 8.09. The van der Waals surface area contributed by atoms with Crippen LogP contribution in [0.4, 0.5) is 0 Å². The summed E-state index contributed by atoms with van der Waals surface area (Å²) in [4.78, 5) is 1.42. The van der Waals surface area contributed by atoms with Crippen LogP contribution in [0.5, 0.6) is 0 Å². The molecule has 0 saturated heterocycles. The fourth-order valence-electron chi connectivity index (χ4n) is 4.14. The molecular formula is C29H30S. The normalized spacial score (nSPS) is 11.2. The van der Waals surface area contributed by atoms with Crippen molar-refractivity contribution in [2.45, 2.75) is 45.4 Å². The van der Waals surface area contributed by atoms with Crippen molar-refractivity contribution < 1.29 is 0 Å². The standard InChI is InChI=1S/C29H30S/c1-3-25(4-2)26-14-16-27(17-15-26)28-20-29(30-21-28)19-24-12-10-23(11-13-24)18-22-8-6-5-7-9-22/h5-17,20-21,25H,3-4,18-19H2,1-2H3. The van der Waals surface area contributed by atoms with Crippen LogP contribution >= 0.6 is 11.3 Å². The van der Waals surface area contributed by atoms with Crippen molar-refractivity contribution in [1.82, 2.24) is 0 Å². The largest absolute Gasteiger partial charge is 0.148 e. The highest BCUT2D eigenvalue weighted by atomic mass is 32.1. The maximum atomic E-state index is 2.36. The van der Waals surface area contributed by atoms with Gasteiger partial charge in [0.1, 0.15) is 0 Å². The highest BCUT2D eigenvalue weighted by Crippen LogP contribution is 2.30. The summed E-state index contributed by atoms with van der Waals surface area (Å²) in [5, 5.41) is 2.30. The van der Waals surface area contributed by atoms with Crippen LogP contribution in [-0.4, -0.2) is 0 Å². The molecule has 0 nitrogen and oxygen atoms in total. The molecule has 0 fully saturated rings. The van der Waals surface area contributed by atoms with Gasteiger partial charge in [-0.3, -0.25) is 0 Å². The Balaban J connectivity index is 1.41. The Bertz CT molecular complexity index is 1040. The highest BCUT2D eigenvalue weighted by molar-refractivity contribution is 7.10. The van der Waals surface area contributed by atoms with Gasteiger partial charge in [-0.15, -0.1) is 11.3 Å². The Morgan fingerprint density at radius 2 is 1.23 bits per heavy atom. The third-order valence-corrected chi connectivity index (χ3v) is 6.94. The minimum Gasteiger partial charge on any atom is -0.148 e. The molecule has 0 unspecified atom stereocenters. The predicted molar refractivity (Wildman–Crippen MR) is 132 cm³/mol. The molecule has 0 atom stereocenters. The van der Waals surface area contributed by atoms with E-state index in [2.05, 4.69) is 104 Å². The van der Waals surface area contributed by atoms with Gasteiger partial charge >= 0.3 is 0 Å². The molecule has 0 aliphatic heterocycles. The van der Waals surface area contributed by atoms with Crippen LogP contribution in [0.15, 0.2) is 90.3 Å². The molecule has 30 heavy (non-hydrogen) atoms. The fourth-order valence-corrected chi connectivity index (χ4v) is 5.07. The van der Waals surface area contributed by atoms with Crippen molar-refractivity contribution in [2.75, 3.05) is 0 Å². The summed E-state index contributed by atoms with van der Waals surface area (Å²) >= 11 is 1.87. The lowest BCUT2D eigenvalue weighted by atomic mass is 9.92. The van der Waals surface area contributed by atoms with Crippen LogP contribution in [0.3, 0.4) is 0 Å². The molecule has 0 bridgehead atoms. The third kappa shape index (κ3) is 5.09. The first-order chi connectivity index (χ1) is 14.7. The van der Waals surface area contributed by atoms with Crippen LogP contribution in [-0.2, 0) is 12.8 Å². The molecule has 3 aromatic carbocycles. The molecule has 0 aliphatic rings. The first kappa shape index (κ1) is 20.6. The summed E-state index contributed by atoms with van der Waals surface area (Å²) in [6.45, 7) is 4.56. The summed E-state index contributed by atoms with van der Waals surface area (Å²) < 4.78 is 0. The molecule has 0 aliphatic carbocycles. The summed E-state index contributed by atoms with van der Waals surface area (Å²) in [6.07, 6.45) is 4.42. The fraction of sp³-hybridized carbons (Fsp3) is 0.241. The molecule has 0 radical (unpaired) electrons. The van der Waals surface area contributed by atoms with E-state index >= 15 is 0 Å². The van der Waals surface area contributed by atoms with Crippen molar-refractivity contribution in [1.29, 1.82) is 0 Å².